The van der Waals surface area contributed by atoms with Gasteiger partial charge in [-0.2, -0.15) is 0 Å². The highest BCUT2D eigenvalue weighted by molar-refractivity contribution is 6.29. The first-order valence-electron chi connectivity index (χ1n) is 7.74. The zero-order valence-electron chi connectivity index (χ0n) is 15.1. The van der Waals surface area contributed by atoms with Gasteiger partial charge in [-0.05, 0) is 24.0 Å². The summed E-state index contributed by atoms with van der Waals surface area (Å²) in [6.07, 6.45) is 5.35. The van der Waals surface area contributed by atoms with E-state index in [1.165, 1.54) is 14.1 Å². The Morgan fingerprint density at radius 2 is 1.12 bits per heavy atom. The summed E-state index contributed by atoms with van der Waals surface area (Å²) in [6, 6.07) is -0.608. The van der Waals surface area contributed by atoms with Crippen molar-refractivity contribution < 1.29 is 14.4 Å². The topological polar surface area (TPSA) is 64.2 Å². The minimum absolute atomic E-state index is 0.0679. The average molecular weight is 332 g/mol. The maximum Gasteiger partial charge on any atom is 0.333 e. The summed E-state index contributed by atoms with van der Waals surface area (Å²) in [6.45, 7) is 0. The van der Waals surface area contributed by atoms with E-state index < -0.39 is 17.8 Å². The minimum atomic E-state index is -0.608. The Morgan fingerprint density at radius 1 is 0.750 bits per heavy atom. The smallest absolute Gasteiger partial charge is 0.333 e. The molecular weight excluding hydrogens is 308 g/mol. The maximum atomic E-state index is 12.7. The standard InChI is InChI=1S/C17H24N4O3/c1-18(2)9-11-7-8-12(10-19(3)4)13(11)14-15(22)20(5)17(24)21(6)16(14)23/h9-10H,7-8H2,1-6H3. The molecule has 0 unspecified atom stereocenters. The second-order valence-electron chi connectivity index (χ2n) is 6.50. The summed E-state index contributed by atoms with van der Waals surface area (Å²) in [7, 11) is 10.4. The van der Waals surface area contributed by atoms with Crippen molar-refractivity contribution in [2.45, 2.75) is 12.8 Å². The van der Waals surface area contributed by atoms with Crippen LogP contribution in [-0.4, -0.2) is 79.7 Å². The molecule has 2 fully saturated rings. The number of carbonyl (C=O) groups excluding carboxylic acids is 3. The van der Waals surface area contributed by atoms with Gasteiger partial charge in [0.2, 0.25) is 0 Å². The van der Waals surface area contributed by atoms with Crippen LogP contribution >= 0.6 is 0 Å². The van der Waals surface area contributed by atoms with E-state index in [-0.39, 0.29) is 5.57 Å². The number of imide groups is 2. The molecular formula is C17H24N4O3. The van der Waals surface area contributed by atoms with Crippen molar-refractivity contribution in [3.63, 3.8) is 0 Å². The van der Waals surface area contributed by atoms with Gasteiger partial charge in [-0.1, -0.05) is 0 Å². The predicted octanol–water partition coefficient (Wildman–Crippen LogP) is 1.02. The summed E-state index contributed by atoms with van der Waals surface area (Å²) in [5.41, 5.74) is 2.58. The van der Waals surface area contributed by atoms with Crippen molar-refractivity contribution in [3.8, 4) is 0 Å². The Hall–Kier alpha value is -2.57. The molecule has 0 aromatic carbocycles. The van der Waals surface area contributed by atoms with Crippen molar-refractivity contribution in [1.82, 2.24) is 19.6 Å². The molecule has 0 N–H and O–H groups in total. The molecule has 2 aliphatic rings. The van der Waals surface area contributed by atoms with Gasteiger partial charge in [0.15, 0.2) is 0 Å². The van der Waals surface area contributed by atoms with Crippen LogP contribution in [0.15, 0.2) is 34.7 Å². The number of likely N-dealkylation sites (N-methyl/N-ethyl adjacent to an activating group) is 2. The number of amides is 4. The third-order valence-electron chi connectivity index (χ3n) is 3.99. The molecule has 0 aromatic rings. The lowest BCUT2D eigenvalue weighted by atomic mass is 9.97. The number of barbiturate groups is 1. The van der Waals surface area contributed by atoms with Crippen molar-refractivity contribution in [1.29, 1.82) is 0 Å². The second kappa shape index (κ2) is 6.51. The Bertz CT molecular complexity index is 632. The van der Waals surface area contributed by atoms with E-state index in [0.717, 1.165) is 33.8 Å². The Labute approximate surface area is 142 Å². The number of hydrogen-bond acceptors (Lipinski definition) is 5. The van der Waals surface area contributed by atoms with E-state index in [9.17, 15) is 14.4 Å². The fourth-order valence-corrected chi connectivity index (χ4v) is 2.97. The van der Waals surface area contributed by atoms with Crippen molar-refractivity contribution in [3.05, 3.63) is 34.7 Å². The molecule has 24 heavy (non-hydrogen) atoms. The van der Waals surface area contributed by atoms with Gasteiger partial charge in [-0.15, -0.1) is 0 Å². The van der Waals surface area contributed by atoms with Crippen LogP contribution in [0.25, 0.3) is 0 Å². The number of nitrogens with zero attached hydrogens (tertiary/aromatic N) is 4. The lowest BCUT2D eigenvalue weighted by Gasteiger charge is -2.30. The highest BCUT2D eigenvalue weighted by Gasteiger charge is 2.42. The highest BCUT2D eigenvalue weighted by atomic mass is 16.2. The number of urea groups is 1. The number of rotatable bonds is 2. The number of carbonyl (C=O) groups is 3. The summed E-state index contributed by atoms with van der Waals surface area (Å²) in [5, 5.41) is 0. The van der Waals surface area contributed by atoms with Crippen molar-refractivity contribution in [2.75, 3.05) is 42.3 Å². The number of allylic oxidation sites excluding steroid dienone is 3. The van der Waals surface area contributed by atoms with Crippen LogP contribution in [0.4, 0.5) is 4.79 Å². The second-order valence-corrected chi connectivity index (χ2v) is 6.50. The largest absolute Gasteiger partial charge is 0.383 e. The summed E-state index contributed by atoms with van der Waals surface area (Å²) in [4.78, 5) is 43.1. The van der Waals surface area contributed by atoms with Gasteiger partial charge in [0, 0.05) is 60.3 Å². The molecule has 1 aliphatic heterocycles. The summed E-state index contributed by atoms with van der Waals surface area (Å²) >= 11 is 0. The Kier molecular flexibility index (Phi) is 4.82. The van der Waals surface area contributed by atoms with Crippen LogP contribution in [0.1, 0.15) is 12.8 Å². The molecule has 0 radical (unpaired) electrons. The van der Waals surface area contributed by atoms with Crippen molar-refractivity contribution >= 4 is 17.8 Å². The molecule has 4 amide bonds. The average Bonchev–Trinajstić information content (AvgIpc) is 2.85. The van der Waals surface area contributed by atoms with E-state index in [1.807, 2.05) is 50.4 Å². The van der Waals surface area contributed by atoms with Gasteiger partial charge >= 0.3 is 6.03 Å². The molecule has 1 saturated heterocycles. The van der Waals surface area contributed by atoms with Crippen LogP contribution in [0.2, 0.25) is 0 Å². The molecule has 0 bridgehead atoms. The fraction of sp³-hybridized carbons (Fsp3) is 0.471. The third kappa shape index (κ3) is 3.06. The maximum absolute atomic E-state index is 12.7. The van der Waals surface area contributed by atoms with Gasteiger partial charge in [-0.25, -0.2) is 4.79 Å². The Morgan fingerprint density at radius 3 is 1.46 bits per heavy atom. The fourth-order valence-electron chi connectivity index (χ4n) is 2.97. The van der Waals surface area contributed by atoms with Gasteiger partial charge in [0.05, 0.1) is 0 Å². The first kappa shape index (κ1) is 17.8. The van der Waals surface area contributed by atoms with Crippen LogP contribution in [0, 0.1) is 0 Å². The summed E-state index contributed by atoms with van der Waals surface area (Å²) < 4.78 is 0. The molecule has 0 spiro atoms. The van der Waals surface area contributed by atoms with Crippen LogP contribution in [0.5, 0.6) is 0 Å². The molecule has 2 rings (SSSR count). The molecule has 7 nitrogen and oxygen atoms in total. The molecule has 1 heterocycles. The van der Waals surface area contributed by atoms with Gasteiger partial charge < -0.3 is 9.80 Å². The predicted molar refractivity (Wildman–Crippen MR) is 90.7 cm³/mol. The lowest BCUT2D eigenvalue weighted by molar-refractivity contribution is -0.134. The van der Waals surface area contributed by atoms with Crippen LogP contribution in [0.3, 0.4) is 0 Å². The normalized spacial score (nSPS) is 22.3. The zero-order valence-corrected chi connectivity index (χ0v) is 15.1. The van der Waals surface area contributed by atoms with E-state index >= 15 is 0 Å². The molecule has 0 aromatic heterocycles. The van der Waals surface area contributed by atoms with Crippen molar-refractivity contribution in [2.24, 2.45) is 0 Å². The van der Waals surface area contributed by atoms with E-state index in [0.29, 0.717) is 5.57 Å². The Balaban J connectivity index is 2.71. The van der Waals surface area contributed by atoms with E-state index in [4.69, 9.17) is 0 Å². The monoisotopic (exact) mass is 332 g/mol. The van der Waals surface area contributed by atoms with Gasteiger partial charge in [-0.3, -0.25) is 19.4 Å². The SMILES string of the molecule is CN(C)C=C1CCC(=CN(C)C)C1=C1C(=O)N(C)C(=O)N(C)C1=O. The zero-order chi connectivity index (χ0) is 18.2. The minimum Gasteiger partial charge on any atom is -0.383 e. The molecule has 0 atom stereocenters. The van der Waals surface area contributed by atoms with Crippen LogP contribution in [-0.2, 0) is 9.59 Å². The van der Waals surface area contributed by atoms with Gasteiger partial charge in [0.25, 0.3) is 11.8 Å². The molecule has 1 aliphatic carbocycles. The van der Waals surface area contributed by atoms with Crippen LogP contribution < -0.4 is 0 Å². The third-order valence-corrected chi connectivity index (χ3v) is 3.99. The first-order valence-corrected chi connectivity index (χ1v) is 7.74. The first-order chi connectivity index (χ1) is 11.1. The quantitative estimate of drug-likeness (QED) is 0.558. The molecule has 1 saturated carbocycles. The van der Waals surface area contributed by atoms with E-state index in [2.05, 4.69) is 0 Å². The molecule has 130 valence electrons. The lowest BCUT2D eigenvalue weighted by Crippen LogP contribution is -2.53. The van der Waals surface area contributed by atoms with Gasteiger partial charge in [0.1, 0.15) is 5.57 Å². The highest BCUT2D eigenvalue weighted by Crippen LogP contribution is 2.39. The molecule has 7 heteroatoms. The van der Waals surface area contributed by atoms with E-state index in [1.54, 1.807) is 0 Å². The summed E-state index contributed by atoms with van der Waals surface area (Å²) in [5.74, 6) is -1.09. The number of hydrogen-bond donors (Lipinski definition) is 0.